The van der Waals surface area contributed by atoms with Crippen LogP contribution in [-0.2, 0) is 0 Å². The summed E-state index contributed by atoms with van der Waals surface area (Å²) in [5, 5.41) is 12.3. The summed E-state index contributed by atoms with van der Waals surface area (Å²) in [6.07, 6.45) is 0. The van der Waals surface area contributed by atoms with E-state index in [1.807, 2.05) is 32.0 Å². The normalized spacial score (nSPS) is 14.7. The van der Waals surface area contributed by atoms with Crippen molar-refractivity contribution in [2.45, 2.75) is 19.9 Å². The van der Waals surface area contributed by atoms with E-state index in [0.29, 0.717) is 0 Å². The van der Waals surface area contributed by atoms with E-state index in [2.05, 4.69) is 27.9 Å². The summed E-state index contributed by atoms with van der Waals surface area (Å²) in [5.41, 5.74) is 7.56. The van der Waals surface area contributed by atoms with Crippen LogP contribution >= 0.6 is 22.6 Å². The third-order valence-electron chi connectivity index (χ3n) is 2.54. The summed E-state index contributed by atoms with van der Waals surface area (Å²) >= 11 is 2.23. The van der Waals surface area contributed by atoms with Gasteiger partial charge in [-0.15, -0.1) is 0 Å². The molecule has 84 valence electrons. The van der Waals surface area contributed by atoms with Crippen LogP contribution in [0.4, 0.5) is 11.4 Å². The molecule has 0 aliphatic carbocycles. The second kappa shape index (κ2) is 5.55. The zero-order chi connectivity index (χ0) is 11.4. The van der Waals surface area contributed by atoms with Crippen molar-refractivity contribution >= 4 is 34.0 Å². The number of benzene rings is 1. The SMILES string of the molecule is CC(CO)C(C)Nc1ccc(I)cc1N. The first-order valence-electron chi connectivity index (χ1n) is 4.97. The van der Waals surface area contributed by atoms with Crippen LogP contribution in [0.1, 0.15) is 13.8 Å². The third-order valence-corrected chi connectivity index (χ3v) is 3.21. The Bertz CT molecular complexity index is 330. The van der Waals surface area contributed by atoms with Crippen molar-refractivity contribution in [2.24, 2.45) is 5.92 Å². The van der Waals surface area contributed by atoms with Gasteiger partial charge in [0.15, 0.2) is 0 Å². The van der Waals surface area contributed by atoms with Crippen LogP contribution in [0.2, 0.25) is 0 Å². The summed E-state index contributed by atoms with van der Waals surface area (Å²) in [6, 6.07) is 6.12. The summed E-state index contributed by atoms with van der Waals surface area (Å²) < 4.78 is 1.12. The van der Waals surface area contributed by atoms with Gasteiger partial charge in [-0.3, -0.25) is 0 Å². The largest absolute Gasteiger partial charge is 0.397 e. The van der Waals surface area contributed by atoms with E-state index in [0.717, 1.165) is 14.9 Å². The second-order valence-corrected chi connectivity index (χ2v) is 5.07. The van der Waals surface area contributed by atoms with Gasteiger partial charge in [-0.2, -0.15) is 0 Å². The molecule has 4 heteroatoms. The van der Waals surface area contributed by atoms with Crippen molar-refractivity contribution in [3.63, 3.8) is 0 Å². The number of nitrogens with one attached hydrogen (secondary N) is 1. The van der Waals surface area contributed by atoms with Crippen molar-refractivity contribution in [1.29, 1.82) is 0 Å². The number of rotatable bonds is 4. The van der Waals surface area contributed by atoms with Gasteiger partial charge in [0.2, 0.25) is 0 Å². The number of halogens is 1. The molecule has 1 rings (SSSR count). The van der Waals surface area contributed by atoms with Crippen LogP contribution in [0.5, 0.6) is 0 Å². The molecular formula is C11H17IN2O. The Kier molecular flexibility index (Phi) is 4.66. The minimum absolute atomic E-state index is 0.179. The molecule has 1 aromatic rings. The van der Waals surface area contributed by atoms with Gasteiger partial charge >= 0.3 is 0 Å². The Balaban J connectivity index is 2.72. The van der Waals surface area contributed by atoms with Crippen LogP contribution in [0.3, 0.4) is 0 Å². The van der Waals surface area contributed by atoms with Gasteiger partial charge in [0.05, 0.1) is 11.4 Å². The average Bonchev–Trinajstić information content (AvgIpc) is 2.20. The molecule has 0 aromatic heterocycles. The lowest BCUT2D eigenvalue weighted by Crippen LogP contribution is -2.26. The number of hydrogen-bond donors (Lipinski definition) is 3. The lowest BCUT2D eigenvalue weighted by Gasteiger charge is -2.21. The average molecular weight is 320 g/mol. The Morgan fingerprint density at radius 2 is 2.13 bits per heavy atom. The Morgan fingerprint density at radius 1 is 1.47 bits per heavy atom. The molecule has 1 aromatic carbocycles. The zero-order valence-corrected chi connectivity index (χ0v) is 11.2. The van der Waals surface area contributed by atoms with Crippen LogP contribution in [0.25, 0.3) is 0 Å². The highest BCUT2D eigenvalue weighted by atomic mass is 127. The first-order valence-corrected chi connectivity index (χ1v) is 6.05. The van der Waals surface area contributed by atoms with Crippen LogP contribution in [-0.4, -0.2) is 17.8 Å². The van der Waals surface area contributed by atoms with E-state index < -0.39 is 0 Å². The van der Waals surface area contributed by atoms with Crippen LogP contribution in [0, 0.1) is 9.49 Å². The standard InChI is InChI=1S/C11H17IN2O/c1-7(6-15)8(2)14-11-4-3-9(12)5-10(11)13/h3-5,7-8,14-15H,6,13H2,1-2H3. The maximum Gasteiger partial charge on any atom is 0.0576 e. The fraction of sp³-hybridized carbons (Fsp3) is 0.455. The lowest BCUT2D eigenvalue weighted by atomic mass is 10.0. The van der Waals surface area contributed by atoms with E-state index >= 15 is 0 Å². The van der Waals surface area contributed by atoms with Gasteiger partial charge in [0.1, 0.15) is 0 Å². The van der Waals surface area contributed by atoms with Crippen molar-refractivity contribution in [2.75, 3.05) is 17.7 Å². The minimum Gasteiger partial charge on any atom is -0.397 e. The van der Waals surface area contributed by atoms with E-state index in [-0.39, 0.29) is 18.6 Å². The first-order chi connectivity index (χ1) is 7.04. The van der Waals surface area contributed by atoms with E-state index in [1.165, 1.54) is 0 Å². The van der Waals surface area contributed by atoms with Gasteiger partial charge in [-0.05, 0) is 53.6 Å². The molecule has 0 radical (unpaired) electrons. The molecule has 2 unspecified atom stereocenters. The lowest BCUT2D eigenvalue weighted by molar-refractivity contribution is 0.226. The van der Waals surface area contributed by atoms with Gasteiger partial charge in [0, 0.05) is 16.2 Å². The summed E-state index contributed by atoms with van der Waals surface area (Å²) in [7, 11) is 0. The molecule has 0 spiro atoms. The zero-order valence-electron chi connectivity index (χ0n) is 9.00. The number of aliphatic hydroxyl groups excluding tert-OH is 1. The highest BCUT2D eigenvalue weighted by Gasteiger charge is 2.11. The van der Waals surface area contributed by atoms with Crippen molar-refractivity contribution in [1.82, 2.24) is 0 Å². The van der Waals surface area contributed by atoms with Crippen molar-refractivity contribution < 1.29 is 5.11 Å². The highest BCUT2D eigenvalue weighted by molar-refractivity contribution is 14.1. The molecule has 0 bridgehead atoms. The maximum atomic E-state index is 9.02. The molecule has 0 heterocycles. The molecule has 0 saturated heterocycles. The first kappa shape index (κ1) is 12.6. The quantitative estimate of drug-likeness (QED) is 0.589. The number of nitrogen functional groups attached to an aromatic ring is 1. The Labute approximate surface area is 104 Å². The van der Waals surface area contributed by atoms with Gasteiger partial charge in [0.25, 0.3) is 0 Å². The number of anilines is 2. The minimum atomic E-state index is 0.179. The summed E-state index contributed by atoms with van der Waals surface area (Å²) in [4.78, 5) is 0. The molecule has 15 heavy (non-hydrogen) atoms. The molecule has 0 aliphatic rings. The van der Waals surface area contributed by atoms with Gasteiger partial charge < -0.3 is 16.2 Å². The smallest absolute Gasteiger partial charge is 0.0576 e. The van der Waals surface area contributed by atoms with Gasteiger partial charge in [-0.1, -0.05) is 6.92 Å². The molecule has 0 fully saturated rings. The number of nitrogens with two attached hydrogens (primary N) is 1. The molecule has 0 aliphatic heterocycles. The molecule has 0 amide bonds. The highest BCUT2D eigenvalue weighted by Crippen LogP contribution is 2.22. The Hall–Kier alpha value is -0.490. The molecule has 4 N–H and O–H groups in total. The molecule has 2 atom stereocenters. The molecule has 0 saturated carbocycles. The van der Waals surface area contributed by atoms with Gasteiger partial charge in [-0.25, -0.2) is 0 Å². The monoisotopic (exact) mass is 320 g/mol. The van der Waals surface area contributed by atoms with E-state index in [9.17, 15) is 0 Å². The van der Waals surface area contributed by atoms with Crippen LogP contribution < -0.4 is 11.1 Å². The number of hydrogen-bond acceptors (Lipinski definition) is 3. The fourth-order valence-corrected chi connectivity index (χ4v) is 1.73. The molecular weight excluding hydrogens is 303 g/mol. The summed E-state index contributed by atoms with van der Waals surface area (Å²) in [5.74, 6) is 0.212. The second-order valence-electron chi connectivity index (χ2n) is 3.82. The fourth-order valence-electron chi connectivity index (χ4n) is 1.21. The van der Waals surface area contributed by atoms with Crippen molar-refractivity contribution in [3.05, 3.63) is 21.8 Å². The predicted octanol–water partition coefficient (Wildman–Crippen LogP) is 2.30. The Morgan fingerprint density at radius 3 is 2.67 bits per heavy atom. The predicted molar refractivity (Wildman–Crippen MR) is 72.9 cm³/mol. The van der Waals surface area contributed by atoms with E-state index in [4.69, 9.17) is 10.8 Å². The molecule has 3 nitrogen and oxygen atoms in total. The summed E-state index contributed by atoms with van der Waals surface area (Å²) in [6.45, 7) is 4.22. The third kappa shape index (κ3) is 3.53. The van der Waals surface area contributed by atoms with Crippen molar-refractivity contribution in [3.8, 4) is 0 Å². The van der Waals surface area contributed by atoms with Crippen LogP contribution in [0.15, 0.2) is 18.2 Å². The topological polar surface area (TPSA) is 58.3 Å². The van der Waals surface area contributed by atoms with E-state index in [1.54, 1.807) is 0 Å². The maximum absolute atomic E-state index is 9.02. The number of aliphatic hydroxyl groups is 1.